The lowest BCUT2D eigenvalue weighted by Gasteiger charge is -2.44. The maximum absolute atomic E-state index is 11.9. The summed E-state index contributed by atoms with van der Waals surface area (Å²) in [5.41, 5.74) is -0.0465. The number of ether oxygens (including phenoxy) is 1. The summed E-state index contributed by atoms with van der Waals surface area (Å²) in [5, 5.41) is 0. The smallest absolute Gasteiger partial charge is 0.248 e. The molecule has 5 heteroatoms. The lowest BCUT2D eigenvalue weighted by Crippen LogP contribution is -2.54. The van der Waals surface area contributed by atoms with Gasteiger partial charge in [-0.25, -0.2) is 0 Å². The second kappa shape index (κ2) is 5.74. The van der Waals surface area contributed by atoms with E-state index in [0.29, 0.717) is 26.1 Å². The zero-order valence-corrected chi connectivity index (χ0v) is 11.6. The van der Waals surface area contributed by atoms with Crippen molar-refractivity contribution >= 4 is 11.8 Å². The van der Waals surface area contributed by atoms with Gasteiger partial charge < -0.3 is 14.5 Å². The van der Waals surface area contributed by atoms with Gasteiger partial charge >= 0.3 is 0 Å². The van der Waals surface area contributed by atoms with Gasteiger partial charge in [0.2, 0.25) is 11.8 Å². The zero-order valence-electron chi connectivity index (χ0n) is 11.6. The van der Waals surface area contributed by atoms with Gasteiger partial charge in [-0.15, -0.1) is 6.58 Å². The Labute approximate surface area is 114 Å². The maximum Gasteiger partial charge on any atom is 0.248 e. The van der Waals surface area contributed by atoms with Crippen LogP contribution < -0.4 is 0 Å². The Morgan fingerprint density at radius 2 is 2.11 bits per heavy atom. The first-order valence-electron chi connectivity index (χ1n) is 6.81. The Morgan fingerprint density at radius 3 is 2.68 bits per heavy atom. The third-order valence-electron chi connectivity index (χ3n) is 4.30. The van der Waals surface area contributed by atoms with E-state index in [1.807, 2.05) is 9.80 Å². The van der Waals surface area contributed by atoms with Crippen LogP contribution in [0, 0.1) is 0 Å². The summed E-state index contributed by atoms with van der Waals surface area (Å²) in [7, 11) is 1.53. The van der Waals surface area contributed by atoms with Crippen LogP contribution in [0.5, 0.6) is 0 Å². The van der Waals surface area contributed by atoms with Crippen molar-refractivity contribution in [3.63, 3.8) is 0 Å². The molecule has 1 spiro atoms. The van der Waals surface area contributed by atoms with E-state index in [0.717, 1.165) is 19.3 Å². The van der Waals surface area contributed by atoms with E-state index < -0.39 is 0 Å². The van der Waals surface area contributed by atoms with Gasteiger partial charge in [0.15, 0.2) is 0 Å². The standard InChI is InChI=1S/C14H22N2O3/c1-3-8-16-12(17)4-5-14(16)6-9-15(10-7-14)13(18)11-19-2/h3H,1,4-11H2,2H3. The molecule has 0 N–H and O–H groups in total. The number of hydrogen-bond donors (Lipinski definition) is 0. The van der Waals surface area contributed by atoms with Crippen molar-refractivity contribution in [3.8, 4) is 0 Å². The molecule has 0 aliphatic carbocycles. The summed E-state index contributed by atoms with van der Waals surface area (Å²) in [5.74, 6) is 0.258. The number of nitrogens with zero attached hydrogens (tertiary/aromatic N) is 2. The van der Waals surface area contributed by atoms with Crippen LogP contribution in [-0.2, 0) is 14.3 Å². The molecule has 0 radical (unpaired) electrons. The monoisotopic (exact) mass is 266 g/mol. The highest BCUT2D eigenvalue weighted by Gasteiger charge is 2.46. The molecule has 2 heterocycles. The van der Waals surface area contributed by atoms with Crippen LogP contribution in [-0.4, -0.2) is 60.5 Å². The number of rotatable bonds is 4. The first-order chi connectivity index (χ1) is 9.13. The van der Waals surface area contributed by atoms with Crippen molar-refractivity contribution in [2.75, 3.05) is 33.4 Å². The fraction of sp³-hybridized carbons (Fsp3) is 0.714. The predicted octanol–water partition coefficient (Wildman–Crippen LogP) is 0.802. The van der Waals surface area contributed by atoms with E-state index in [1.54, 1.807) is 6.08 Å². The molecule has 0 atom stereocenters. The normalized spacial score (nSPS) is 22.1. The van der Waals surface area contributed by atoms with E-state index in [9.17, 15) is 9.59 Å². The molecule has 5 nitrogen and oxygen atoms in total. The number of hydrogen-bond acceptors (Lipinski definition) is 3. The van der Waals surface area contributed by atoms with Gasteiger partial charge in [-0.1, -0.05) is 6.08 Å². The summed E-state index contributed by atoms with van der Waals surface area (Å²) in [6.45, 7) is 5.91. The van der Waals surface area contributed by atoms with Crippen molar-refractivity contribution < 1.29 is 14.3 Å². The summed E-state index contributed by atoms with van der Waals surface area (Å²) < 4.78 is 4.88. The van der Waals surface area contributed by atoms with Gasteiger partial charge in [0.05, 0.1) is 0 Å². The Hall–Kier alpha value is -1.36. The van der Waals surface area contributed by atoms with Crippen molar-refractivity contribution in [2.24, 2.45) is 0 Å². The summed E-state index contributed by atoms with van der Waals surface area (Å²) in [6.07, 6.45) is 5.04. The predicted molar refractivity (Wildman–Crippen MR) is 71.6 cm³/mol. The Kier molecular flexibility index (Phi) is 4.24. The third kappa shape index (κ3) is 2.66. The number of carbonyl (C=O) groups is 2. The molecule has 2 saturated heterocycles. The quantitative estimate of drug-likeness (QED) is 0.707. The van der Waals surface area contributed by atoms with Gasteiger partial charge in [0, 0.05) is 38.7 Å². The zero-order chi connectivity index (χ0) is 13.9. The fourth-order valence-corrected chi connectivity index (χ4v) is 3.21. The maximum atomic E-state index is 11.9. The van der Waals surface area contributed by atoms with Crippen LogP contribution in [0.25, 0.3) is 0 Å². The molecular weight excluding hydrogens is 244 g/mol. The molecule has 0 aromatic rings. The largest absolute Gasteiger partial charge is 0.375 e. The molecule has 0 aromatic carbocycles. The van der Waals surface area contributed by atoms with Crippen molar-refractivity contribution in [2.45, 2.75) is 31.2 Å². The minimum atomic E-state index is -0.0465. The molecule has 0 aromatic heterocycles. The van der Waals surface area contributed by atoms with Crippen LogP contribution in [0.4, 0.5) is 0 Å². The molecule has 0 bridgehead atoms. The lowest BCUT2D eigenvalue weighted by molar-refractivity contribution is -0.139. The van der Waals surface area contributed by atoms with Gasteiger partial charge in [-0.3, -0.25) is 9.59 Å². The third-order valence-corrected chi connectivity index (χ3v) is 4.30. The van der Waals surface area contributed by atoms with Crippen molar-refractivity contribution in [3.05, 3.63) is 12.7 Å². The molecule has 0 saturated carbocycles. The van der Waals surface area contributed by atoms with E-state index in [4.69, 9.17) is 4.74 Å². The first kappa shape index (κ1) is 14.1. The van der Waals surface area contributed by atoms with Crippen LogP contribution in [0.1, 0.15) is 25.7 Å². The van der Waals surface area contributed by atoms with Crippen LogP contribution in [0.3, 0.4) is 0 Å². The number of amides is 2. The Bertz CT molecular complexity index is 373. The van der Waals surface area contributed by atoms with Gasteiger partial charge in [0.25, 0.3) is 0 Å². The number of methoxy groups -OCH3 is 1. The molecule has 0 unspecified atom stereocenters. The first-order valence-corrected chi connectivity index (χ1v) is 6.81. The molecule has 2 aliphatic heterocycles. The highest BCUT2D eigenvalue weighted by Crippen LogP contribution is 2.38. The van der Waals surface area contributed by atoms with E-state index in [2.05, 4.69) is 6.58 Å². The van der Waals surface area contributed by atoms with E-state index >= 15 is 0 Å². The lowest BCUT2D eigenvalue weighted by atomic mass is 9.85. The average molecular weight is 266 g/mol. The SMILES string of the molecule is C=CCN1C(=O)CCC12CCN(C(=O)COC)CC2. The second-order valence-electron chi connectivity index (χ2n) is 5.33. The summed E-state index contributed by atoms with van der Waals surface area (Å²) in [4.78, 5) is 27.5. The molecule has 2 aliphatic rings. The molecule has 106 valence electrons. The topological polar surface area (TPSA) is 49.9 Å². The minimum Gasteiger partial charge on any atom is -0.375 e. The molecular formula is C14H22N2O3. The number of carbonyl (C=O) groups excluding carboxylic acids is 2. The fourth-order valence-electron chi connectivity index (χ4n) is 3.21. The Balaban J connectivity index is 1.99. The van der Waals surface area contributed by atoms with Gasteiger partial charge in [-0.2, -0.15) is 0 Å². The molecule has 19 heavy (non-hydrogen) atoms. The van der Waals surface area contributed by atoms with Crippen LogP contribution >= 0.6 is 0 Å². The van der Waals surface area contributed by atoms with E-state index in [1.165, 1.54) is 7.11 Å². The Morgan fingerprint density at radius 1 is 1.42 bits per heavy atom. The second-order valence-corrected chi connectivity index (χ2v) is 5.33. The van der Waals surface area contributed by atoms with E-state index in [-0.39, 0.29) is 24.0 Å². The number of likely N-dealkylation sites (tertiary alicyclic amines) is 2. The van der Waals surface area contributed by atoms with Gasteiger partial charge in [-0.05, 0) is 19.3 Å². The molecule has 2 rings (SSSR count). The van der Waals surface area contributed by atoms with Crippen molar-refractivity contribution in [1.29, 1.82) is 0 Å². The average Bonchev–Trinajstić information content (AvgIpc) is 2.70. The summed E-state index contributed by atoms with van der Waals surface area (Å²) in [6, 6.07) is 0. The molecule has 2 amide bonds. The van der Waals surface area contributed by atoms with Gasteiger partial charge in [0.1, 0.15) is 6.61 Å². The van der Waals surface area contributed by atoms with Crippen LogP contribution in [0.15, 0.2) is 12.7 Å². The highest BCUT2D eigenvalue weighted by atomic mass is 16.5. The highest BCUT2D eigenvalue weighted by molar-refractivity contribution is 5.80. The summed E-state index contributed by atoms with van der Waals surface area (Å²) >= 11 is 0. The number of piperidine rings is 1. The minimum absolute atomic E-state index is 0.0388. The van der Waals surface area contributed by atoms with Crippen LogP contribution in [0.2, 0.25) is 0 Å². The molecule has 2 fully saturated rings. The van der Waals surface area contributed by atoms with Crippen molar-refractivity contribution in [1.82, 2.24) is 9.80 Å².